The molecule has 0 saturated heterocycles. The molecular formula is C16H20FNO5. The molecule has 0 atom stereocenters. The van der Waals surface area contributed by atoms with Gasteiger partial charge in [0.25, 0.3) is 5.69 Å². The van der Waals surface area contributed by atoms with Crippen molar-refractivity contribution in [2.45, 2.75) is 45.4 Å². The van der Waals surface area contributed by atoms with Gasteiger partial charge in [-0.25, -0.2) is 4.39 Å². The Morgan fingerprint density at radius 2 is 2.00 bits per heavy atom. The van der Waals surface area contributed by atoms with E-state index in [0.717, 1.165) is 18.9 Å². The summed E-state index contributed by atoms with van der Waals surface area (Å²) in [5.41, 5.74) is -0.606. The Morgan fingerprint density at radius 1 is 1.30 bits per heavy atom. The van der Waals surface area contributed by atoms with Crippen LogP contribution in [-0.4, -0.2) is 23.8 Å². The van der Waals surface area contributed by atoms with Crippen LogP contribution >= 0.6 is 0 Å². The minimum absolute atomic E-state index is 0.177. The van der Waals surface area contributed by atoms with E-state index in [9.17, 15) is 24.1 Å². The number of nitrogens with zero attached hydrogens (tertiary/aromatic N) is 1. The zero-order valence-corrected chi connectivity index (χ0v) is 13.0. The lowest BCUT2D eigenvalue weighted by Gasteiger charge is -2.06. The van der Waals surface area contributed by atoms with Crippen molar-refractivity contribution in [2.75, 3.05) is 6.61 Å². The van der Waals surface area contributed by atoms with Gasteiger partial charge in [0.2, 0.25) is 0 Å². The predicted molar refractivity (Wildman–Crippen MR) is 81.9 cm³/mol. The number of unbranched alkanes of at least 4 members (excludes halogenated alkanes) is 3. The first-order chi connectivity index (χ1) is 11.0. The summed E-state index contributed by atoms with van der Waals surface area (Å²) in [5.74, 6) is -1.11. The highest BCUT2D eigenvalue weighted by atomic mass is 19.1. The average Bonchev–Trinajstić information content (AvgIpc) is 2.51. The third-order valence-electron chi connectivity index (χ3n) is 3.43. The summed E-state index contributed by atoms with van der Waals surface area (Å²) in [6.45, 7) is 2.12. The summed E-state index contributed by atoms with van der Waals surface area (Å²) in [7, 11) is 0. The summed E-state index contributed by atoms with van der Waals surface area (Å²) in [5, 5.41) is 11.1. The number of rotatable bonds is 10. The SMILES string of the molecule is CCOC(=O)CCCCCCc1ccc(F)c(C=O)c1[N+](=O)[O-]. The Labute approximate surface area is 133 Å². The minimum atomic E-state index is -0.884. The number of carbonyl (C=O) groups excluding carboxylic acids is 2. The molecular weight excluding hydrogens is 305 g/mol. The molecule has 6 nitrogen and oxygen atoms in total. The first kappa shape index (κ1) is 18.7. The molecule has 0 aliphatic heterocycles. The number of carbonyl (C=O) groups is 2. The van der Waals surface area contributed by atoms with Gasteiger partial charge in [0.05, 0.1) is 11.5 Å². The molecule has 0 aliphatic carbocycles. The van der Waals surface area contributed by atoms with Crippen LogP contribution in [-0.2, 0) is 16.0 Å². The van der Waals surface area contributed by atoms with Gasteiger partial charge in [-0.15, -0.1) is 0 Å². The molecule has 0 N–H and O–H groups in total. The molecule has 1 aromatic carbocycles. The number of benzene rings is 1. The third-order valence-corrected chi connectivity index (χ3v) is 3.43. The van der Waals surface area contributed by atoms with Crippen molar-refractivity contribution in [2.24, 2.45) is 0 Å². The highest BCUT2D eigenvalue weighted by Crippen LogP contribution is 2.26. The molecule has 0 saturated carbocycles. The molecule has 0 fully saturated rings. The highest BCUT2D eigenvalue weighted by Gasteiger charge is 2.22. The Kier molecular flexibility index (Phi) is 7.87. The number of aldehydes is 1. The molecule has 23 heavy (non-hydrogen) atoms. The van der Waals surface area contributed by atoms with E-state index in [1.54, 1.807) is 6.92 Å². The average molecular weight is 325 g/mol. The monoisotopic (exact) mass is 325 g/mol. The van der Waals surface area contributed by atoms with Gasteiger partial charge in [-0.2, -0.15) is 0 Å². The lowest BCUT2D eigenvalue weighted by atomic mass is 10.0. The molecule has 0 spiro atoms. The van der Waals surface area contributed by atoms with E-state index >= 15 is 0 Å². The van der Waals surface area contributed by atoms with Gasteiger partial charge >= 0.3 is 5.97 Å². The third kappa shape index (κ3) is 5.77. The van der Waals surface area contributed by atoms with Crippen LogP contribution in [0.5, 0.6) is 0 Å². The molecule has 0 unspecified atom stereocenters. The van der Waals surface area contributed by atoms with Gasteiger partial charge in [-0.1, -0.05) is 12.8 Å². The van der Waals surface area contributed by atoms with Crippen LogP contribution in [0.15, 0.2) is 12.1 Å². The first-order valence-electron chi connectivity index (χ1n) is 7.57. The van der Waals surface area contributed by atoms with E-state index in [1.807, 2.05) is 0 Å². The number of nitro groups is 1. The second-order valence-electron chi connectivity index (χ2n) is 5.06. The van der Waals surface area contributed by atoms with Crippen LogP contribution < -0.4 is 0 Å². The smallest absolute Gasteiger partial charge is 0.305 e. The maximum absolute atomic E-state index is 13.4. The molecule has 0 aliphatic rings. The van der Waals surface area contributed by atoms with Gasteiger partial charge in [0.1, 0.15) is 11.4 Å². The van der Waals surface area contributed by atoms with E-state index < -0.39 is 22.0 Å². The Balaban J connectivity index is 2.51. The summed E-state index contributed by atoms with van der Waals surface area (Å²) >= 11 is 0. The molecule has 0 radical (unpaired) electrons. The molecule has 0 amide bonds. The van der Waals surface area contributed by atoms with E-state index in [0.29, 0.717) is 37.9 Å². The highest BCUT2D eigenvalue weighted by molar-refractivity contribution is 5.82. The van der Waals surface area contributed by atoms with E-state index in [1.165, 1.54) is 6.07 Å². The predicted octanol–water partition coefficient (Wildman–Crippen LogP) is 3.60. The molecule has 0 bridgehead atoms. The quantitative estimate of drug-likeness (QED) is 0.216. The van der Waals surface area contributed by atoms with Crippen molar-refractivity contribution < 1.29 is 23.6 Å². The van der Waals surface area contributed by atoms with Crippen LogP contribution in [0.25, 0.3) is 0 Å². The first-order valence-corrected chi connectivity index (χ1v) is 7.57. The number of aryl methyl sites for hydroxylation is 1. The van der Waals surface area contributed by atoms with Gasteiger partial charge < -0.3 is 4.74 Å². The summed E-state index contributed by atoms with van der Waals surface area (Å²) in [6.07, 6.45) is 3.86. The van der Waals surface area contributed by atoms with Crippen LogP contribution in [0.2, 0.25) is 0 Å². The second kappa shape index (κ2) is 9.66. The fourth-order valence-electron chi connectivity index (χ4n) is 2.33. The van der Waals surface area contributed by atoms with Crippen LogP contribution in [0.3, 0.4) is 0 Å². The van der Waals surface area contributed by atoms with Crippen molar-refractivity contribution in [1.29, 1.82) is 0 Å². The standard InChI is InChI=1S/C16H20FNO5/c1-2-23-15(20)8-6-4-3-5-7-12-9-10-14(17)13(11-19)16(12)18(21)22/h9-11H,2-8H2,1H3. The molecule has 7 heteroatoms. The number of hydrogen-bond donors (Lipinski definition) is 0. The maximum Gasteiger partial charge on any atom is 0.305 e. The molecule has 1 aromatic rings. The van der Waals surface area contributed by atoms with Crippen molar-refractivity contribution in [3.63, 3.8) is 0 Å². The van der Waals surface area contributed by atoms with Crippen LogP contribution in [0.4, 0.5) is 10.1 Å². The van der Waals surface area contributed by atoms with Gasteiger partial charge in [-0.05, 0) is 38.3 Å². The van der Waals surface area contributed by atoms with E-state index in [4.69, 9.17) is 4.74 Å². The molecule has 0 aromatic heterocycles. The Hall–Kier alpha value is -2.31. The molecule has 1 rings (SSSR count). The van der Waals surface area contributed by atoms with Crippen molar-refractivity contribution >= 4 is 17.9 Å². The zero-order valence-electron chi connectivity index (χ0n) is 13.0. The van der Waals surface area contributed by atoms with Crippen LogP contribution in [0, 0.1) is 15.9 Å². The van der Waals surface area contributed by atoms with Crippen molar-refractivity contribution in [1.82, 2.24) is 0 Å². The van der Waals surface area contributed by atoms with Gasteiger partial charge in [0, 0.05) is 12.0 Å². The fraction of sp³-hybridized carbons (Fsp3) is 0.500. The Bertz CT molecular complexity index is 574. The normalized spacial score (nSPS) is 10.3. The lowest BCUT2D eigenvalue weighted by molar-refractivity contribution is -0.385. The van der Waals surface area contributed by atoms with Crippen LogP contribution in [0.1, 0.15) is 54.9 Å². The zero-order chi connectivity index (χ0) is 17.2. The van der Waals surface area contributed by atoms with E-state index in [2.05, 4.69) is 0 Å². The maximum atomic E-state index is 13.4. The van der Waals surface area contributed by atoms with Gasteiger partial charge in [-0.3, -0.25) is 19.7 Å². The summed E-state index contributed by atoms with van der Waals surface area (Å²) in [4.78, 5) is 32.3. The Morgan fingerprint density at radius 3 is 2.61 bits per heavy atom. The fourth-order valence-corrected chi connectivity index (χ4v) is 2.33. The molecule has 0 heterocycles. The number of ether oxygens (including phenoxy) is 1. The number of esters is 1. The number of nitro benzene ring substituents is 1. The number of halogens is 1. The minimum Gasteiger partial charge on any atom is -0.466 e. The van der Waals surface area contributed by atoms with E-state index in [-0.39, 0.29) is 12.3 Å². The number of hydrogen-bond acceptors (Lipinski definition) is 5. The lowest BCUT2D eigenvalue weighted by Crippen LogP contribution is -2.04. The molecule has 126 valence electrons. The summed E-state index contributed by atoms with van der Waals surface area (Å²) < 4.78 is 18.3. The largest absolute Gasteiger partial charge is 0.466 e. The van der Waals surface area contributed by atoms with Gasteiger partial charge in [0.15, 0.2) is 6.29 Å². The topological polar surface area (TPSA) is 86.5 Å². The second-order valence-corrected chi connectivity index (χ2v) is 5.06. The van der Waals surface area contributed by atoms with Crippen molar-refractivity contribution in [3.8, 4) is 0 Å². The summed E-state index contributed by atoms with van der Waals surface area (Å²) in [6, 6.07) is 2.42. The van der Waals surface area contributed by atoms with Crippen molar-refractivity contribution in [3.05, 3.63) is 39.2 Å².